The quantitative estimate of drug-likeness (QED) is 0.764. The van der Waals surface area contributed by atoms with Crippen LogP contribution in [-0.4, -0.2) is 29.0 Å². The number of aromatic nitrogens is 2. The van der Waals surface area contributed by atoms with E-state index in [1.165, 1.54) is 24.8 Å². The van der Waals surface area contributed by atoms with Crippen LogP contribution in [0.3, 0.4) is 0 Å². The summed E-state index contributed by atoms with van der Waals surface area (Å²) in [5.41, 5.74) is 7.21. The van der Waals surface area contributed by atoms with Crippen LogP contribution in [0.15, 0.2) is 24.4 Å². The van der Waals surface area contributed by atoms with Gasteiger partial charge in [-0.25, -0.2) is 9.37 Å². The second kappa shape index (κ2) is 5.22. The average Bonchev–Trinajstić information content (AvgIpc) is 2.93. The highest BCUT2D eigenvalue weighted by Gasteiger charge is 2.21. The van der Waals surface area contributed by atoms with Crippen LogP contribution in [0, 0.1) is 5.82 Å². The average molecular weight is 312 g/mol. The van der Waals surface area contributed by atoms with Crippen molar-refractivity contribution >= 4 is 33.5 Å². The van der Waals surface area contributed by atoms with E-state index in [1.54, 1.807) is 6.07 Å². The number of benzene rings is 1. The van der Waals surface area contributed by atoms with Gasteiger partial charge in [-0.15, -0.1) is 0 Å². The van der Waals surface area contributed by atoms with Crippen molar-refractivity contribution in [2.24, 2.45) is 5.73 Å². The van der Waals surface area contributed by atoms with Crippen LogP contribution < -0.4 is 10.6 Å². The molecule has 0 aliphatic carbocycles. The van der Waals surface area contributed by atoms with Crippen LogP contribution in [0.2, 0.25) is 0 Å². The first-order valence-electron chi connectivity index (χ1n) is 7.80. The van der Waals surface area contributed by atoms with E-state index < -0.39 is 5.91 Å². The zero-order valence-electron chi connectivity index (χ0n) is 12.6. The number of nitrogens with zero attached hydrogens (tertiary/aromatic N) is 2. The Balaban J connectivity index is 2.06. The highest BCUT2D eigenvalue weighted by Crippen LogP contribution is 2.35. The van der Waals surface area contributed by atoms with Crippen LogP contribution in [0.5, 0.6) is 0 Å². The third-order valence-corrected chi connectivity index (χ3v) is 4.49. The molecule has 0 radical (unpaired) electrons. The third-order valence-electron chi connectivity index (χ3n) is 4.49. The summed E-state index contributed by atoms with van der Waals surface area (Å²) in [7, 11) is 0. The molecule has 6 heteroatoms. The van der Waals surface area contributed by atoms with Gasteiger partial charge in [-0.1, -0.05) is 0 Å². The molecule has 1 fully saturated rings. The predicted molar refractivity (Wildman–Crippen MR) is 88.1 cm³/mol. The molecule has 1 amide bonds. The number of nitrogens with one attached hydrogen (secondary N) is 1. The van der Waals surface area contributed by atoms with Crippen molar-refractivity contribution in [3.05, 3.63) is 35.8 Å². The number of amides is 1. The van der Waals surface area contributed by atoms with E-state index in [-0.39, 0.29) is 5.82 Å². The molecule has 0 atom stereocenters. The molecule has 4 rings (SSSR count). The number of anilines is 1. The first kappa shape index (κ1) is 14.0. The molecule has 0 saturated carbocycles. The normalized spacial score (nSPS) is 15.4. The number of H-pyrrole nitrogens is 1. The summed E-state index contributed by atoms with van der Waals surface area (Å²) < 4.78 is 13.7. The summed E-state index contributed by atoms with van der Waals surface area (Å²) in [5, 5.41) is 1.51. The summed E-state index contributed by atoms with van der Waals surface area (Å²) in [6.45, 7) is 1.83. The minimum Gasteiger partial charge on any atom is -0.365 e. The van der Waals surface area contributed by atoms with Crippen LogP contribution >= 0.6 is 0 Å². The monoisotopic (exact) mass is 312 g/mol. The van der Waals surface area contributed by atoms with Gasteiger partial charge in [0.2, 0.25) is 0 Å². The molecule has 118 valence electrons. The Bertz CT molecular complexity index is 912. The highest BCUT2D eigenvalue weighted by molar-refractivity contribution is 6.18. The van der Waals surface area contributed by atoms with E-state index in [4.69, 9.17) is 5.73 Å². The molecular weight excluding hydrogens is 295 g/mol. The number of primary amides is 1. The van der Waals surface area contributed by atoms with Crippen molar-refractivity contribution in [3.8, 4) is 0 Å². The Morgan fingerprint density at radius 1 is 1.26 bits per heavy atom. The number of carbonyl (C=O) groups is 1. The van der Waals surface area contributed by atoms with E-state index in [2.05, 4.69) is 14.9 Å². The predicted octanol–water partition coefficient (Wildman–Crippen LogP) is 2.94. The minimum absolute atomic E-state index is 0.313. The first-order chi connectivity index (χ1) is 11.1. The number of piperidine rings is 1. The number of halogens is 1. The van der Waals surface area contributed by atoms with Gasteiger partial charge in [0.1, 0.15) is 11.6 Å². The maximum Gasteiger partial charge on any atom is 0.252 e. The first-order valence-corrected chi connectivity index (χ1v) is 7.80. The van der Waals surface area contributed by atoms with Crippen LogP contribution in [0.1, 0.15) is 29.6 Å². The van der Waals surface area contributed by atoms with Crippen molar-refractivity contribution in [3.63, 3.8) is 0 Å². The molecule has 2 aromatic heterocycles. The minimum atomic E-state index is -0.542. The maximum absolute atomic E-state index is 13.7. The summed E-state index contributed by atoms with van der Waals surface area (Å²) in [4.78, 5) is 21.6. The molecule has 0 unspecified atom stereocenters. The zero-order chi connectivity index (χ0) is 16.0. The smallest absolute Gasteiger partial charge is 0.252 e. The molecular formula is C17H17FN4O. The summed E-state index contributed by atoms with van der Waals surface area (Å²) in [6, 6.07) is 4.55. The van der Waals surface area contributed by atoms with Gasteiger partial charge < -0.3 is 15.6 Å². The number of hydrogen-bond acceptors (Lipinski definition) is 3. The number of hydrogen-bond donors (Lipinski definition) is 2. The third kappa shape index (κ3) is 2.21. The van der Waals surface area contributed by atoms with Crippen molar-refractivity contribution < 1.29 is 9.18 Å². The second-order valence-corrected chi connectivity index (χ2v) is 5.97. The van der Waals surface area contributed by atoms with E-state index in [1.807, 2.05) is 0 Å². The zero-order valence-corrected chi connectivity index (χ0v) is 12.6. The Labute approximate surface area is 132 Å². The van der Waals surface area contributed by atoms with E-state index in [0.717, 1.165) is 48.0 Å². The van der Waals surface area contributed by atoms with Crippen molar-refractivity contribution in [1.29, 1.82) is 0 Å². The second-order valence-electron chi connectivity index (χ2n) is 5.97. The van der Waals surface area contributed by atoms with Gasteiger partial charge in [0.05, 0.1) is 16.5 Å². The number of fused-ring (bicyclic) bond motifs is 3. The van der Waals surface area contributed by atoms with Crippen molar-refractivity contribution in [2.45, 2.75) is 19.3 Å². The van der Waals surface area contributed by atoms with Gasteiger partial charge in [0.15, 0.2) is 0 Å². The van der Waals surface area contributed by atoms with Crippen LogP contribution in [0.25, 0.3) is 21.8 Å². The number of pyridine rings is 1. The fourth-order valence-electron chi connectivity index (χ4n) is 3.39. The number of rotatable bonds is 2. The van der Waals surface area contributed by atoms with E-state index in [0.29, 0.717) is 11.1 Å². The fourth-order valence-corrected chi connectivity index (χ4v) is 3.39. The van der Waals surface area contributed by atoms with Crippen LogP contribution in [0.4, 0.5) is 10.2 Å². The lowest BCUT2D eigenvalue weighted by atomic mass is 10.1. The maximum atomic E-state index is 13.7. The van der Waals surface area contributed by atoms with Gasteiger partial charge in [0.25, 0.3) is 5.91 Å². The fraction of sp³-hybridized carbons (Fsp3) is 0.294. The summed E-state index contributed by atoms with van der Waals surface area (Å²) >= 11 is 0. The SMILES string of the molecule is NC(=O)c1cnc(N2CCCCC2)c2c1[nH]c1ccc(F)cc12. The van der Waals surface area contributed by atoms with E-state index in [9.17, 15) is 9.18 Å². The van der Waals surface area contributed by atoms with Gasteiger partial charge >= 0.3 is 0 Å². The molecule has 1 aliphatic heterocycles. The standard InChI is InChI=1S/C17H17FN4O/c18-10-4-5-13-11(8-10)14-15(21-13)12(16(19)23)9-20-17(14)22-6-2-1-3-7-22/h4-5,8-9,21H,1-3,6-7H2,(H2,19,23). The van der Waals surface area contributed by atoms with Gasteiger partial charge in [-0.2, -0.15) is 0 Å². The lowest BCUT2D eigenvalue weighted by Crippen LogP contribution is -2.30. The molecule has 3 heterocycles. The number of aromatic amines is 1. The molecule has 23 heavy (non-hydrogen) atoms. The Kier molecular flexibility index (Phi) is 3.18. The molecule has 1 aromatic carbocycles. The van der Waals surface area contributed by atoms with Crippen molar-refractivity contribution in [1.82, 2.24) is 9.97 Å². The van der Waals surface area contributed by atoms with Crippen molar-refractivity contribution in [2.75, 3.05) is 18.0 Å². The molecule has 0 spiro atoms. The van der Waals surface area contributed by atoms with Crippen LogP contribution in [-0.2, 0) is 0 Å². The molecule has 0 bridgehead atoms. The van der Waals surface area contributed by atoms with Gasteiger partial charge in [-0.3, -0.25) is 4.79 Å². The number of carbonyl (C=O) groups excluding carboxylic acids is 1. The Hall–Kier alpha value is -2.63. The molecule has 5 nitrogen and oxygen atoms in total. The molecule has 1 saturated heterocycles. The topological polar surface area (TPSA) is 75.0 Å². The lowest BCUT2D eigenvalue weighted by molar-refractivity contribution is 0.100. The Morgan fingerprint density at radius 2 is 2.04 bits per heavy atom. The van der Waals surface area contributed by atoms with E-state index >= 15 is 0 Å². The summed E-state index contributed by atoms with van der Waals surface area (Å²) in [6.07, 6.45) is 4.94. The summed E-state index contributed by atoms with van der Waals surface area (Å²) in [5.74, 6) is -0.0613. The number of nitrogens with two attached hydrogens (primary N) is 1. The molecule has 1 aliphatic rings. The lowest BCUT2D eigenvalue weighted by Gasteiger charge is -2.28. The largest absolute Gasteiger partial charge is 0.365 e. The van der Waals surface area contributed by atoms with Gasteiger partial charge in [0, 0.05) is 30.2 Å². The van der Waals surface area contributed by atoms with Gasteiger partial charge in [-0.05, 0) is 37.5 Å². The highest BCUT2D eigenvalue weighted by atomic mass is 19.1. The Morgan fingerprint density at radius 3 is 2.78 bits per heavy atom. The molecule has 3 N–H and O–H groups in total. The molecule has 3 aromatic rings.